The maximum absolute atomic E-state index is 10.6. The zero-order chi connectivity index (χ0) is 7.44. The Morgan fingerprint density at radius 3 is 2.11 bits per heavy atom. The second kappa shape index (κ2) is 3.23. The standard InChI is InChI=1S/C6H8BNO/c1-4(5(2)7)6(9)8-3/h3H2,1-2H3/p+1. The van der Waals surface area contributed by atoms with Crippen LogP contribution in [-0.2, 0) is 4.79 Å². The first-order valence-corrected chi connectivity index (χ1v) is 2.60. The maximum Gasteiger partial charge on any atom is 0.411 e. The van der Waals surface area contributed by atoms with Crippen molar-refractivity contribution in [2.45, 2.75) is 13.8 Å². The predicted octanol–water partition coefficient (Wildman–Crippen LogP) is -1.24. The van der Waals surface area contributed by atoms with Gasteiger partial charge in [0.2, 0.25) is 0 Å². The number of nitrogens with one attached hydrogen (secondary N) is 1. The van der Waals surface area contributed by atoms with Crippen LogP contribution >= 0.6 is 0 Å². The molecule has 0 aliphatic heterocycles. The van der Waals surface area contributed by atoms with Crippen LogP contribution in [0.1, 0.15) is 13.8 Å². The summed E-state index contributed by atoms with van der Waals surface area (Å²) in [6, 6.07) is 0. The molecule has 0 spiro atoms. The second-order valence-electron chi connectivity index (χ2n) is 1.81. The van der Waals surface area contributed by atoms with Crippen molar-refractivity contribution in [1.82, 2.24) is 0 Å². The highest BCUT2D eigenvalue weighted by molar-refractivity contribution is 6.23. The molecule has 0 saturated carbocycles. The zero-order valence-electron chi connectivity index (χ0n) is 5.69. The normalized spacial score (nSPS) is 12.2. The molecule has 0 atom stereocenters. The molecule has 9 heavy (non-hydrogen) atoms. The summed E-state index contributed by atoms with van der Waals surface area (Å²) in [7, 11) is 5.30. The number of hydrogen-bond acceptors (Lipinski definition) is 1. The summed E-state index contributed by atoms with van der Waals surface area (Å²) in [5, 5.41) is 0. The average Bonchev–Trinajstić information content (AvgIpc) is 1.84. The van der Waals surface area contributed by atoms with Crippen molar-refractivity contribution in [3.63, 3.8) is 0 Å². The van der Waals surface area contributed by atoms with Gasteiger partial charge in [-0.2, -0.15) is 4.99 Å². The van der Waals surface area contributed by atoms with E-state index in [0.717, 1.165) is 0 Å². The Balaban J connectivity index is 4.39. The van der Waals surface area contributed by atoms with Gasteiger partial charge >= 0.3 is 5.91 Å². The summed E-state index contributed by atoms with van der Waals surface area (Å²) in [6.07, 6.45) is 0. The third-order valence-corrected chi connectivity index (χ3v) is 1.09. The van der Waals surface area contributed by atoms with E-state index < -0.39 is 0 Å². The minimum Gasteiger partial charge on any atom is -0.215 e. The largest absolute Gasteiger partial charge is 0.411 e. The Labute approximate surface area is 56.1 Å². The first-order valence-electron chi connectivity index (χ1n) is 2.60. The maximum atomic E-state index is 10.6. The van der Waals surface area contributed by atoms with Crippen LogP contribution in [0.4, 0.5) is 0 Å². The molecule has 46 valence electrons. The van der Waals surface area contributed by atoms with E-state index >= 15 is 0 Å². The van der Waals surface area contributed by atoms with Gasteiger partial charge in [0.05, 0.1) is 5.57 Å². The van der Waals surface area contributed by atoms with E-state index in [1.807, 2.05) is 0 Å². The molecule has 0 bridgehead atoms. The molecule has 0 saturated heterocycles. The Kier molecular flexibility index (Phi) is 2.92. The van der Waals surface area contributed by atoms with Crippen LogP contribution in [-0.4, -0.2) is 20.5 Å². The molecular weight excluding hydrogens is 113 g/mol. The van der Waals surface area contributed by atoms with Gasteiger partial charge in [0.15, 0.2) is 0 Å². The summed E-state index contributed by atoms with van der Waals surface area (Å²) in [6.45, 7) is 6.52. The van der Waals surface area contributed by atoms with Crippen LogP contribution < -0.4 is 4.99 Å². The number of carbonyl (C=O) groups is 1. The van der Waals surface area contributed by atoms with Gasteiger partial charge in [0.1, 0.15) is 14.6 Å². The fourth-order valence-electron chi connectivity index (χ4n) is 0.312. The highest BCUT2D eigenvalue weighted by Gasteiger charge is 2.06. The van der Waals surface area contributed by atoms with Gasteiger partial charge in [-0.15, -0.1) is 5.47 Å². The molecule has 0 aromatic carbocycles. The van der Waals surface area contributed by atoms with Crippen molar-refractivity contribution in [2.75, 3.05) is 0 Å². The molecule has 0 unspecified atom stereocenters. The lowest BCUT2D eigenvalue weighted by molar-refractivity contribution is -0.363. The molecule has 0 heterocycles. The van der Waals surface area contributed by atoms with E-state index in [2.05, 4.69) is 11.7 Å². The summed E-state index contributed by atoms with van der Waals surface area (Å²) >= 11 is 0. The van der Waals surface area contributed by atoms with Crippen LogP contribution in [0.15, 0.2) is 11.0 Å². The monoisotopic (exact) mass is 122 g/mol. The third kappa shape index (κ3) is 2.26. The smallest absolute Gasteiger partial charge is 0.215 e. The lowest BCUT2D eigenvalue weighted by Gasteiger charge is -1.90. The van der Waals surface area contributed by atoms with Crippen molar-refractivity contribution in [3.05, 3.63) is 11.0 Å². The van der Waals surface area contributed by atoms with Crippen molar-refractivity contribution in [3.8, 4) is 0 Å². The number of hydrogen-bond donors (Lipinski definition) is 1. The zero-order valence-corrected chi connectivity index (χ0v) is 5.69. The molecule has 2 radical (unpaired) electrons. The van der Waals surface area contributed by atoms with Crippen LogP contribution in [0.2, 0.25) is 0 Å². The molecule has 2 nitrogen and oxygen atoms in total. The summed E-state index contributed by atoms with van der Waals surface area (Å²) in [5.41, 5.74) is 1.04. The number of carbonyl (C=O) groups excluding carboxylic acids is 1. The van der Waals surface area contributed by atoms with Crippen molar-refractivity contribution in [2.24, 2.45) is 0 Å². The molecule has 0 aliphatic rings. The molecule has 0 aromatic heterocycles. The topological polar surface area (TPSA) is 31.0 Å². The van der Waals surface area contributed by atoms with Crippen LogP contribution in [0.3, 0.4) is 0 Å². The van der Waals surface area contributed by atoms with Gasteiger partial charge in [-0.25, -0.2) is 4.79 Å². The average molecular weight is 122 g/mol. The van der Waals surface area contributed by atoms with Gasteiger partial charge in [0.25, 0.3) is 0 Å². The van der Waals surface area contributed by atoms with Crippen LogP contribution in [0, 0.1) is 0 Å². The van der Waals surface area contributed by atoms with Gasteiger partial charge < -0.3 is 0 Å². The summed E-state index contributed by atoms with van der Waals surface area (Å²) < 4.78 is 0. The van der Waals surface area contributed by atoms with E-state index in [4.69, 9.17) is 7.85 Å². The minimum atomic E-state index is -0.227. The molecule has 3 heteroatoms. The lowest BCUT2D eigenvalue weighted by Crippen LogP contribution is -2.71. The van der Waals surface area contributed by atoms with Gasteiger partial charge in [-0.1, -0.05) is 6.92 Å². The number of rotatable bonds is 1. The van der Waals surface area contributed by atoms with Crippen LogP contribution in [0.25, 0.3) is 0 Å². The molecule has 0 aromatic rings. The van der Waals surface area contributed by atoms with Crippen molar-refractivity contribution >= 4 is 20.5 Å². The fourth-order valence-corrected chi connectivity index (χ4v) is 0.312. The van der Waals surface area contributed by atoms with Crippen LogP contribution in [0.5, 0.6) is 0 Å². The molecule has 0 fully saturated rings. The number of allylic oxidation sites excluding steroid dienone is 1. The fraction of sp³-hybridized carbons (Fsp3) is 0.333. The summed E-state index contributed by atoms with van der Waals surface area (Å²) in [4.78, 5) is 12.9. The Morgan fingerprint density at radius 2 is 2.00 bits per heavy atom. The van der Waals surface area contributed by atoms with E-state index in [0.29, 0.717) is 11.0 Å². The molecule has 0 aliphatic carbocycles. The Bertz CT molecular complexity index is 168. The second-order valence-corrected chi connectivity index (χ2v) is 1.81. The summed E-state index contributed by atoms with van der Waals surface area (Å²) in [5.74, 6) is -0.227. The SMILES string of the molecule is [B]C(C)=C(C)C(=O)[NH+]=C. The van der Waals surface area contributed by atoms with E-state index in [9.17, 15) is 4.79 Å². The van der Waals surface area contributed by atoms with Gasteiger partial charge in [0, 0.05) is 0 Å². The number of amides is 1. The molecule has 1 N–H and O–H groups in total. The first kappa shape index (κ1) is 8.14. The third-order valence-electron chi connectivity index (χ3n) is 1.09. The van der Waals surface area contributed by atoms with Gasteiger partial charge in [-0.05, 0) is 6.92 Å². The molecule has 1 amide bonds. The lowest BCUT2D eigenvalue weighted by atomic mass is 9.92. The quantitative estimate of drug-likeness (QED) is 0.263. The first-order chi connectivity index (χ1) is 4.09. The van der Waals surface area contributed by atoms with Gasteiger partial charge in [-0.3, -0.25) is 0 Å². The van der Waals surface area contributed by atoms with E-state index in [1.54, 1.807) is 13.8 Å². The molecular formula is C6H9BNO+. The highest BCUT2D eigenvalue weighted by atomic mass is 16.1. The predicted molar refractivity (Wildman–Crippen MR) is 37.2 cm³/mol. The van der Waals surface area contributed by atoms with E-state index in [1.165, 1.54) is 0 Å². The molecule has 0 rings (SSSR count). The Morgan fingerprint density at radius 1 is 1.56 bits per heavy atom. The highest BCUT2D eigenvalue weighted by Crippen LogP contribution is 1.94. The van der Waals surface area contributed by atoms with Crippen molar-refractivity contribution < 1.29 is 9.79 Å². The minimum absolute atomic E-state index is 0.227. The van der Waals surface area contributed by atoms with E-state index in [-0.39, 0.29) is 5.91 Å². The van der Waals surface area contributed by atoms with Crippen molar-refractivity contribution in [1.29, 1.82) is 0 Å². The Hall–Kier alpha value is -0.855.